The third-order valence-corrected chi connectivity index (χ3v) is 1.78. The van der Waals surface area contributed by atoms with Crippen molar-refractivity contribution in [3.05, 3.63) is 17.6 Å². The molecule has 1 aliphatic heterocycles. The molecule has 0 radical (unpaired) electrons. The second-order valence-corrected chi connectivity index (χ2v) is 2.63. The molecule has 4 nitrogen and oxygen atoms in total. The lowest BCUT2D eigenvalue weighted by molar-refractivity contribution is 0.111. The van der Waals surface area contributed by atoms with Crippen LogP contribution in [0, 0.1) is 0 Å². The Morgan fingerprint density at radius 3 is 3.33 bits per heavy atom. The minimum absolute atomic E-state index is 0.190. The zero-order chi connectivity index (χ0) is 8.39. The Morgan fingerprint density at radius 1 is 1.58 bits per heavy atom. The third-order valence-electron chi connectivity index (χ3n) is 1.78. The van der Waals surface area contributed by atoms with E-state index >= 15 is 0 Å². The van der Waals surface area contributed by atoms with E-state index in [0.717, 1.165) is 18.4 Å². The van der Waals surface area contributed by atoms with Crippen molar-refractivity contribution in [2.75, 3.05) is 6.61 Å². The lowest BCUT2D eigenvalue weighted by atomic mass is 10.1. The molecule has 12 heavy (non-hydrogen) atoms. The maximum Gasteiger partial charge on any atom is 0.220 e. The summed E-state index contributed by atoms with van der Waals surface area (Å²) >= 11 is 0. The monoisotopic (exact) mass is 164 g/mol. The highest BCUT2D eigenvalue weighted by Gasteiger charge is 2.12. The van der Waals surface area contributed by atoms with Crippen LogP contribution in [0.5, 0.6) is 5.88 Å². The highest BCUT2D eigenvalue weighted by Crippen LogP contribution is 2.20. The van der Waals surface area contributed by atoms with E-state index in [-0.39, 0.29) is 5.82 Å². The summed E-state index contributed by atoms with van der Waals surface area (Å²) in [7, 11) is 0. The lowest BCUT2D eigenvalue weighted by Crippen LogP contribution is -2.11. The lowest BCUT2D eigenvalue weighted by Gasteiger charge is -2.14. The first-order valence-electron chi connectivity index (χ1n) is 3.84. The van der Waals surface area contributed by atoms with E-state index < -0.39 is 0 Å². The molecule has 1 aliphatic rings. The number of carbonyl (C=O) groups is 1. The van der Waals surface area contributed by atoms with Crippen molar-refractivity contribution < 1.29 is 9.53 Å². The molecule has 0 aromatic carbocycles. The Hall–Kier alpha value is -1.45. The van der Waals surface area contributed by atoms with E-state index in [2.05, 4.69) is 9.97 Å². The van der Waals surface area contributed by atoms with E-state index in [1.54, 1.807) is 6.20 Å². The van der Waals surface area contributed by atoms with Crippen molar-refractivity contribution >= 4 is 6.29 Å². The number of nitrogens with zero attached hydrogens (tertiary/aromatic N) is 2. The Labute approximate surface area is 69.6 Å². The van der Waals surface area contributed by atoms with Crippen molar-refractivity contribution in [1.29, 1.82) is 0 Å². The van der Waals surface area contributed by atoms with Crippen LogP contribution < -0.4 is 4.74 Å². The molecule has 1 aromatic heterocycles. The molecule has 0 aliphatic carbocycles. The first-order chi connectivity index (χ1) is 5.90. The summed E-state index contributed by atoms with van der Waals surface area (Å²) in [6.07, 6.45) is 4.22. The molecule has 0 N–H and O–H groups in total. The van der Waals surface area contributed by atoms with Crippen molar-refractivity contribution in [1.82, 2.24) is 9.97 Å². The van der Waals surface area contributed by atoms with Gasteiger partial charge in [0.15, 0.2) is 12.1 Å². The largest absolute Gasteiger partial charge is 0.477 e. The van der Waals surface area contributed by atoms with Gasteiger partial charge in [-0.3, -0.25) is 4.79 Å². The Kier molecular flexibility index (Phi) is 1.74. The quantitative estimate of drug-likeness (QED) is 0.571. The second kappa shape index (κ2) is 2.89. The van der Waals surface area contributed by atoms with E-state index in [0.29, 0.717) is 18.8 Å². The van der Waals surface area contributed by atoms with Crippen molar-refractivity contribution in [3.63, 3.8) is 0 Å². The predicted octanol–water partition coefficient (Wildman–Crippen LogP) is 0.614. The third kappa shape index (κ3) is 1.15. The van der Waals surface area contributed by atoms with Gasteiger partial charge in [-0.1, -0.05) is 0 Å². The molecule has 0 bridgehead atoms. The summed E-state index contributed by atoms with van der Waals surface area (Å²) in [6.45, 7) is 0.683. The molecule has 4 heteroatoms. The van der Waals surface area contributed by atoms with E-state index in [4.69, 9.17) is 4.74 Å². The molecule has 0 spiro atoms. The van der Waals surface area contributed by atoms with Gasteiger partial charge < -0.3 is 4.74 Å². The average Bonchev–Trinajstić information content (AvgIpc) is 2.17. The summed E-state index contributed by atoms with van der Waals surface area (Å²) in [4.78, 5) is 18.1. The summed E-state index contributed by atoms with van der Waals surface area (Å²) in [6, 6.07) is 0. The van der Waals surface area contributed by atoms with Gasteiger partial charge in [-0.2, -0.15) is 4.98 Å². The fraction of sp³-hybridized carbons (Fsp3) is 0.375. The van der Waals surface area contributed by atoms with Crippen molar-refractivity contribution in [2.24, 2.45) is 0 Å². The summed E-state index contributed by atoms with van der Waals surface area (Å²) in [5.41, 5.74) is 0.992. The number of hydrogen-bond acceptors (Lipinski definition) is 4. The number of hydrogen-bond donors (Lipinski definition) is 0. The predicted molar refractivity (Wildman–Crippen MR) is 41.2 cm³/mol. The molecule has 0 unspecified atom stereocenters. The zero-order valence-corrected chi connectivity index (χ0v) is 6.49. The van der Waals surface area contributed by atoms with Crippen LogP contribution in [0.4, 0.5) is 0 Å². The van der Waals surface area contributed by atoms with Crippen molar-refractivity contribution in [3.8, 4) is 5.88 Å². The van der Waals surface area contributed by atoms with E-state index in [9.17, 15) is 4.79 Å². The van der Waals surface area contributed by atoms with E-state index in [1.807, 2.05) is 0 Å². The zero-order valence-electron chi connectivity index (χ0n) is 6.49. The number of aryl methyl sites for hydroxylation is 1. The SMILES string of the molecule is O=Cc1ncc2c(n1)OCCC2. The number of fused-ring (bicyclic) bond motifs is 1. The molecule has 2 heterocycles. The highest BCUT2D eigenvalue weighted by atomic mass is 16.5. The second-order valence-electron chi connectivity index (χ2n) is 2.63. The molecule has 62 valence electrons. The Balaban J connectivity index is 2.42. The number of aldehydes is 1. The van der Waals surface area contributed by atoms with Crippen LogP contribution >= 0.6 is 0 Å². The highest BCUT2D eigenvalue weighted by molar-refractivity contribution is 5.68. The van der Waals surface area contributed by atoms with Gasteiger partial charge in [0.2, 0.25) is 5.88 Å². The van der Waals surface area contributed by atoms with Crippen LogP contribution in [0.1, 0.15) is 22.6 Å². The maximum atomic E-state index is 10.3. The van der Waals surface area contributed by atoms with Gasteiger partial charge in [-0.25, -0.2) is 4.98 Å². The van der Waals surface area contributed by atoms with Crippen LogP contribution in [0.2, 0.25) is 0 Å². The normalized spacial score (nSPS) is 14.7. The number of carbonyl (C=O) groups excluding carboxylic acids is 1. The van der Waals surface area contributed by atoms with Crippen molar-refractivity contribution in [2.45, 2.75) is 12.8 Å². The molecule has 0 atom stereocenters. The average molecular weight is 164 g/mol. The standard InChI is InChI=1S/C8H8N2O2/c11-5-7-9-4-6-2-1-3-12-8(6)10-7/h4-5H,1-3H2. The fourth-order valence-electron chi connectivity index (χ4n) is 1.19. The minimum Gasteiger partial charge on any atom is -0.477 e. The van der Waals surface area contributed by atoms with Crippen LogP contribution in [-0.2, 0) is 6.42 Å². The summed E-state index contributed by atoms with van der Waals surface area (Å²) < 4.78 is 5.26. The van der Waals surface area contributed by atoms with Crippen LogP contribution in [0.3, 0.4) is 0 Å². The van der Waals surface area contributed by atoms with Gasteiger partial charge in [-0.05, 0) is 12.8 Å². The molecular formula is C8H8N2O2. The topological polar surface area (TPSA) is 52.1 Å². The fourth-order valence-corrected chi connectivity index (χ4v) is 1.19. The first-order valence-corrected chi connectivity index (χ1v) is 3.84. The van der Waals surface area contributed by atoms with Crippen LogP contribution in [0.15, 0.2) is 6.20 Å². The maximum absolute atomic E-state index is 10.3. The molecular weight excluding hydrogens is 156 g/mol. The van der Waals surface area contributed by atoms with Gasteiger partial charge in [-0.15, -0.1) is 0 Å². The van der Waals surface area contributed by atoms with Gasteiger partial charge >= 0.3 is 0 Å². The number of rotatable bonds is 1. The van der Waals surface area contributed by atoms with Gasteiger partial charge in [0, 0.05) is 11.8 Å². The van der Waals surface area contributed by atoms with Crippen LogP contribution in [0.25, 0.3) is 0 Å². The Bertz CT molecular complexity index is 312. The Morgan fingerprint density at radius 2 is 2.50 bits per heavy atom. The molecule has 0 saturated heterocycles. The molecule has 2 rings (SSSR count). The molecule has 0 fully saturated rings. The molecule has 1 aromatic rings. The molecule has 0 saturated carbocycles. The first kappa shape index (κ1) is 7.21. The number of ether oxygens (including phenoxy) is 1. The van der Waals surface area contributed by atoms with Gasteiger partial charge in [0.1, 0.15) is 0 Å². The van der Waals surface area contributed by atoms with Crippen LogP contribution in [-0.4, -0.2) is 22.9 Å². The smallest absolute Gasteiger partial charge is 0.220 e. The molecule has 0 amide bonds. The minimum atomic E-state index is 0.190. The number of aromatic nitrogens is 2. The van der Waals surface area contributed by atoms with Gasteiger partial charge in [0.25, 0.3) is 0 Å². The summed E-state index contributed by atoms with van der Waals surface area (Å²) in [5.74, 6) is 0.758. The summed E-state index contributed by atoms with van der Waals surface area (Å²) in [5, 5.41) is 0. The van der Waals surface area contributed by atoms with Gasteiger partial charge in [0.05, 0.1) is 6.61 Å². The van der Waals surface area contributed by atoms with E-state index in [1.165, 1.54) is 0 Å².